The Morgan fingerprint density at radius 1 is 1.14 bits per heavy atom. The molecule has 2 heterocycles. The maximum Gasteiger partial charge on any atom is 0.222 e. The number of aromatic nitrogens is 1. The molecule has 1 aliphatic rings. The minimum atomic E-state index is -0.282. The number of anilines is 1. The fraction of sp³-hybridized carbons (Fsp3) is 0.273. The second-order valence-corrected chi connectivity index (χ2v) is 7.51. The van der Waals surface area contributed by atoms with E-state index in [-0.39, 0.29) is 17.6 Å². The van der Waals surface area contributed by atoms with Crippen molar-refractivity contribution in [1.29, 1.82) is 0 Å². The van der Waals surface area contributed by atoms with E-state index in [1.54, 1.807) is 13.1 Å². The van der Waals surface area contributed by atoms with E-state index in [0.717, 1.165) is 53.8 Å². The number of amides is 1. The highest BCUT2D eigenvalue weighted by atomic mass is 35.5. The fourth-order valence-electron chi connectivity index (χ4n) is 3.80. The number of benzene rings is 2. The number of nitrogens with one attached hydrogen (secondary N) is 1. The number of carbonyl (C=O) groups is 1. The summed E-state index contributed by atoms with van der Waals surface area (Å²) in [6.45, 7) is 1.49. The Morgan fingerprint density at radius 3 is 2.54 bits per heavy atom. The van der Waals surface area contributed by atoms with E-state index in [0.29, 0.717) is 5.02 Å². The molecule has 0 unspecified atom stereocenters. The fourth-order valence-corrected chi connectivity index (χ4v) is 3.92. The zero-order valence-electron chi connectivity index (χ0n) is 15.6. The predicted molar refractivity (Wildman–Crippen MR) is 111 cm³/mol. The summed E-state index contributed by atoms with van der Waals surface area (Å²) in [6, 6.07) is 14.2. The lowest BCUT2D eigenvalue weighted by molar-refractivity contribution is -0.125. The van der Waals surface area contributed by atoms with Crippen LogP contribution in [0.25, 0.3) is 22.2 Å². The van der Waals surface area contributed by atoms with E-state index in [4.69, 9.17) is 16.6 Å². The van der Waals surface area contributed by atoms with Gasteiger partial charge in [-0.3, -0.25) is 4.79 Å². The van der Waals surface area contributed by atoms with Crippen LogP contribution < -0.4 is 10.2 Å². The average Bonchev–Trinajstić information content (AvgIpc) is 2.73. The lowest BCUT2D eigenvalue weighted by Gasteiger charge is -2.33. The van der Waals surface area contributed by atoms with Gasteiger partial charge in [-0.25, -0.2) is 9.37 Å². The van der Waals surface area contributed by atoms with Crippen molar-refractivity contribution < 1.29 is 9.18 Å². The van der Waals surface area contributed by atoms with Gasteiger partial charge in [-0.2, -0.15) is 0 Å². The summed E-state index contributed by atoms with van der Waals surface area (Å²) < 4.78 is 14.0. The molecule has 6 heteroatoms. The molecule has 2 aromatic carbocycles. The summed E-state index contributed by atoms with van der Waals surface area (Å²) in [5.41, 5.74) is 3.47. The second kappa shape index (κ2) is 7.76. The lowest BCUT2D eigenvalue weighted by atomic mass is 9.95. The van der Waals surface area contributed by atoms with Gasteiger partial charge in [-0.1, -0.05) is 23.7 Å². The highest BCUT2D eigenvalue weighted by Gasteiger charge is 2.25. The summed E-state index contributed by atoms with van der Waals surface area (Å²) in [7, 11) is 1.67. The summed E-state index contributed by atoms with van der Waals surface area (Å²) in [5, 5.41) is 4.19. The molecule has 0 spiro atoms. The molecule has 4 rings (SSSR count). The lowest BCUT2D eigenvalue weighted by Crippen LogP contribution is -2.39. The van der Waals surface area contributed by atoms with E-state index < -0.39 is 0 Å². The monoisotopic (exact) mass is 397 g/mol. The van der Waals surface area contributed by atoms with Crippen LogP contribution in [0.2, 0.25) is 5.02 Å². The van der Waals surface area contributed by atoms with Crippen molar-refractivity contribution in [2.45, 2.75) is 12.8 Å². The number of hydrogen-bond acceptors (Lipinski definition) is 3. The van der Waals surface area contributed by atoms with Crippen LogP contribution in [0.5, 0.6) is 0 Å². The average molecular weight is 398 g/mol. The molecule has 1 amide bonds. The summed E-state index contributed by atoms with van der Waals surface area (Å²) in [6.07, 6.45) is 1.55. The van der Waals surface area contributed by atoms with E-state index in [9.17, 15) is 9.18 Å². The largest absolute Gasteiger partial charge is 0.371 e. The second-order valence-electron chi connectivity index (χ2n) is 7.07. The van der Waals surface area contributed by atoms with Crippen LogP contribution in [0.1, 0.15) is 12.8 Å². The number of carbonyl (C=O) groups excluding carboxylic acids is 1. The summed E-state index contributed by atoms with van der Waals surface area (Å²) in [5.74, 6) is -0.163. The van der Waals surface area contributed by atoms with Crippen LogP contribution in [-0.4, -0.2) is 31.0 Å². The molecule has 0 aliphatic carbocycles. The summed E-state index contributed by atoms with van der Waals surface area (Å²) >= 11 is 6.01. The van der Waals surface area contributed by atoms with Gasteiger partial charge in [0, 0.05) is 47.7 Å². The SMILES string of the molecule is CNC(=O)C1CCN(c2cc(-c3ccc(Cl)cc3)nc3ccc(F)cc23)CC1. The smallest absolute Gasteiger partial charge is 0.222 e. The van der Waals surface area contributed by atoms with Crippen LogP contribution in [0, 0.1) is 11.7 Å². The molecule has 0 bridgehead atoms. The quantitative estimate of drug-likeness (QED) is 0.699. The Hall–Kier alpha value is -2.66. The molecule has 0 atom stereocenters. The number of piperidine rings is 1. The zero-order valence-corrected chi connectivity index (χ0v) is 16.3. The van der Waals surface area contributed by atoms with Crippen molar-refractivity contribution in [2.24, 2.45) is 5.92 Å². The van der Waals surface area contributed by atoms with Gasteiger partial charge in [-0.05, 0) is 49.2 Å². The first-order valence-corrected chi connectivity index (χ1v) is 9.76. The number of fused-ring (bicyclic) bond motifs is 1. The van der Waals surface area contributed by atoms with Crippen LogP contribution in [0.15, 0.2) is 48.5 Å². The Kier molecular flexibility index (Phi) is 5.18. The molecule has 4 nitrogen and oxygen atoms in total. The van der Waals surface area contributed by atoms with E-state index >= 15 is 0 Å². The van der Waals surface area contributed by atoms with Gasteiger partial charge in [0.2, 0.25) is 5.91 Å². The number of hydrogen-bond donors (Lipinski definition) is 1. The molecule has 1 saturated heterocycles. The van der Waals surface area contributed by atoms with Gasteiger partial charge in [0.05, 0.1) is 11.2 Å². The van der Waals surface area contributed by atoms with Crippen molar-refractivity contribution in [3.63, 3.8) is 0 Å². The van der Waals surface area contributed by atoms with Crippen LogP contribution >= 0.6 is 11.6 Å². The molecule has 144 valence electrons. The van der Waals surface area contributed by atoms with E-state index in [1.807, 2.05) is 30.3 Å². The highest BCUT2D eigenvalue weighted by Crippen LogP contribution is 2.34. The van der Waals surface area contributed by atoms with Crippen LogP contribution in [0.4, 0.5) is 10.1 Å². The van der Waals surface area contributed by atoms with Crippen molar-refractivity contribution >= 4 is 34.1 Å². The minimum absolute atomic E-state index is 0.0295. The first-order chi connectivity index (χ1) is 13.5. The standard InChI is InChI=1S/C22H21ClFN3O/c1-25-22(28)15-8-10-27(11-9-15)21-13-20(14-2-4-16(23)5-3-14)26-19-7-6-17(24)12-18(19)21/h2-7,12-13,15H,8-11H2,1H3,(H,25,28). The van der Waals surface area contributed by atoms with Gasteiger partial charge in [-0.15, -0.1) is 0 Å². The topological polar surface area (TPSA) is 45.2 Å². The Morgan fingerprint density at radius 2 is 1.86 bits per heavy atom. The van der Waals surface area contributed by atoms with Crippen molar-refractivity contribution in [2.75, 3.05) is 25.0 Å². The Balaban J connectivity index is 1.74. The molecular formula is C22H21ClFN3O. The van der Waals surface area contributed by atoms with Crippen LogP contribution in [0.3, 0.4) is 0 Å². The number of nitrogens with zero attached hydrogens (tertiary/aromatic N) is 2. The molecule has 0 radical (unpaired) electrons. The highest BCUT2D eigenvalue weighted by molar-refractivity contribution is 6.30. The van der Waals surface area contributed by atoms with Crippen molar-refractivity contribution in [1.82, 2.24) is 10.3 Å². The van der Waals surface area contributed by atoms with Crippen LogP contribution in [-0.2, 0) is 4.79 Å². The first-order valence-electron chi connectivity index (χ1n) is 9.38. The maximum atomic E-state index is 14.0. The van der Waals surface area contributed by atoms with Gasteiger partial charge in [0.25, 0.3) is 0 Å². The molecule has 1 N–H and O–H groups in total. The molecule has 1 aliphatic heterocycles. The molecule has 0 saturated carbocycles. The van der Waals surface area contributed by atoms with E-state index in [2.05, 4.69) is 10.2 Å². The predicted octanol–water partition coefficient (Wildman–Crippen LogP) is 4.66. The molecule has 1 aromatic heterocycles. The third-order valence-corrected chi connectivity index (χ3v) is 5.59. The summed E-state index contributed by atoms with van der Waals surface area (Å²) in [4.78, 5) is 18.9. The molecular weight excluding hydrogens is 377 g/mol. The molecule has 28 heavy (non-hydrogen) atoms. The van der Waals surface area contributed by atoms with Gasteiger partial charge >= 0.3 is 0 Å². The minimum Gasteiger partial charge on any atom is -0.371 e. The molecule has 1 fully saturated rings. The first kappa shape index (κ1) is 18.7. The number of rotatable bonds is 3. The van der Waals surface area contributed by atoms with E-state index in [1.165, 1.54) is 12.1 Å². The van der Waals surface area contributed by atoms with Gasteiger partial charge < -0.3 is 10.2 Å². The zero-order chi connectivity index (χ0) is 19.7. The third kappa shape index (κ3) is 3.67. The maximum absolute atomic E-state index is 14.0. The Labute approximate surface area is 168 Å². The van der Waals surface area contributed by atoms with Crippen molar-refractivity contribution in [3.05, 3.63) is 59.4 Å². The third-order valence-electron chi connectivity index (χ3n) is 5.34. The van der Waals surface area contributed by atoms with Gasteiger partial charge in [0.1, 0.15) is 5.82 Å². The Bertz CT molecular complexity index is 1010. The molecule has 3 aromatic rings. The number of pyridine rings is 1. The number of halogens is 2. The van der Waals surface area contributed by atoms with Crippen molar-refractivity contribution in [3.8, 4) is 11.3 Å². The van der Waals surface area contributed by atoms with Gasteiger partial charge in [0.15, 0.2) is 0 Å². The normalized spacial score (nSPS) is 15.0.